The van der Waals surface area contributed by atoms with E-state index in [4.69, 9.17) is 4.74 Å². The number of benzene rings is 2. The zero-order valence-electron chi connectivity index (χ0n) is 17.9. The number of ether oxygens (including phenoxy) is 1. The molecule has 174 valence electrons. The van der Waals surface area contributed by atoms with Crippen LogP contribution in [0.4, 0.5) is 20.4 Å². The van der Waals surface area contributed by atoms with E-state index in [1.54, 1.807) is 55.6 Å². The van der Waals surface area contributed by atoms with E-state index in [1.165, 1.54) is 12.4 Å². The molecule has 0 atom stereocenters. The second kappa shape index (κ2) is 9.79. The lowest BCUT2D eigenvalue weighted by Gasteiger charge is -2.13. The minimum atomic E-state index is -3.98. The number of anilines is 2. The zero-order valence-corrected chi connectivity index (χ0v) is 18.7. The van der Waals surface area contributed by atoms with E-state index >= 15 is 0 Å². The van der Waals surface area contributed by atoms with Crippen LogP contribution in [0.5, 0.6) is 11.6 Å². The molecular formula is C23H19F2N5O3S. The largest absolute Gasteiger partial charge is 0.435 e. The van der Waals surface area contributed by atoms with Crippen molar-refractivity contribution in [2.75, 3.05) is 17.1 Å². The van der Waals surface area contributed by atoms with Crippen LogP contribution in [0.2, 0.25) is 0 Å². The molecule has 2 aromatic heterocycles. The van der Waals surface area contributed by atoms with Crippen LogP contribution in [0.25, 0.3) is 11.3 Å². The molecule has 8 nitrogen and oxygen atoms in total. The standard InChI is InChI=1S/C23H19F2N5O3S/c1-26-23-28-13-11-17(29-23)16-8-5-12-27-22(16)33-19-10-9-18(20(24)21(19)25)30-34(31,32)14-15-6-3-2-4-7-15/h2-13,30H,14H2,1H3,(H,26,28,29). The van der Waals surface area contributed by atoms with Crippen LogP contribution < -0.4 is 14.8 Å². The van der Waals surface area contributed by atoms with Gasteiger partial charge in [0.05, 0.1) is 22.7 Å². The van der Waals surface area contributed by atoms with Crippen molar-refractivity contribution in [1.82, 2.24) is 15.0 Å². The quantitative estimate of drug-likeness (QED) is 0.377. The fourth-order valence-corrected chi connectivity index (χ4v) is 4.28. The maximum absolute atomic E-state index is 14.8. The highest BCUT2D eigenvalue weighted by atomic mass is 32.2. The highest BCUT2D eigenvalue weighted by Gasteiger charge is 2.21. The van der Waals surface area contributed by atoms with Crippen LogP contribution in [-0.2, 0) is 15.8 Å². The first-order chi connectivity index (χ1) is 16.4. The van der Waals surface area contributed by atoms with E-state index in [-0.39, 0.29) is 5.88 Å². The van der Waals surface area contributed by atoms with E-state index < -0.39 is 38.8 Å². The summed E-state index contributed by atoms with van der Waals surface area (Å²) in [5.41, 5.74) is 0.851. The Morgan fingerprint density at radius 1 is 0.912 bits per heavy atom. The molecule has 0 aliphatic rings. The van der Waals surface area contributed by atoms with Crippen molar-refractivity contribution < 1.29 is 21.9 Å². The minimum Gasteiger partial charge on any atom is -0.435 e. The van der Waals surface area contributed by atoms with Gasteiger partial charge in [-0.15, -0.1) is 0 Å². The van der Waals surface area contributed by atoms with Gasteiger partial charge in [0.25, 0.3) is 0 Å². The van der Waals surface area contributed by atoms with Gasteiger partial charge < -0.3 is 10.1 Å². The van der Waals surface area contributed by atoms with Gasteiger partial charge in [0.1, 0.15) is 0 Å². The first kappa shape index (κ1) is 23.1. The molecule has 4 rings (SSSR count). The monoisotopic (exact) mass is 483 g/mol. The Balaban J connectivity index is 1.59. The number of rotatable bonds is 8. The van der Waals surface area contributed by atoms with Crippen molar-refractivity contribution in [2.24, 2.45) is 0 Å². The molecule has 0 saturated heterocycles. The number of sulfonamides is 1. The van der Waals surface area contributed by atoms with Crippen LogP contribution in [0.1, 0.15) is 5.56 Å². The van der Waals surface area contributed by atoms with Gasteiger partial charge in [-0.05, 0) is 35.9 Å². The van der Waals surface area contributed by atoms with Crippen LogP contribution in [-0.4, -0.2) is 30.4 Å². The topological polar surface area (TPSA) is 106 Å². The molecule has 0 aliphatic carbocycles. The summed E-state index contributed by atoms with van der Waals surface area (Å²) >= 11 is 0. The number of nitrogens with one attached hydrogen (secondary N) is 2. The molecule has 0 amide bonds. The van der Waals surface area contributed by atoms with Gasteiger partial charge >= 0.3 is 0 Å². The van der Waals surface area contributed by atoms with E-state index in [0.717, 1.165) is 12.1 Å². The van der Waals surface area contributed by atoms with Crippen molar-refractivity contribution in [2.45, 2.75) is 5.75 Å². The molecule has 0 spiro atoms. The van der Waals surface area contributed by atoms with Gasteiger partial charge in [0, 0.05) is 19.4 Å². The lowest BCUT2D eigenvalue weighted by molar-refractivity contribution is 0.407. The number of hydrogen-bond donors (Lipinski definition) is 2. The van der Waals surface area contributed by atoms with E-state index in [1.807, 2.05) is 0 Å². The van der Waals surface area contributed by atoms with Crippen LogP contribution in [0.15, 0.2) is 73.1 Å². The molecule has 2 aromatic carbocycles. The summed E-state index contributed by atoms with van der Waals surface area (Å²) in [5, 5.41) is 2.81. The van der Waals surface area contributed by atoms with Gasteiger partial charge in [-0.3, -0.25) is 4.72 Å². The summed E-state index contributed by atoms with van der Waals surface area (Å²) in [6.45, 7) is 0. The van der Waals surface area contributed by atoms with Crippen molar-refractivity contribution >= 4 is 21.7 Å². The second-order valence-electron chi connectivity index (χ2n) is 7.06. The smallest absolute Gasteiger partial charge is 0.237 e. The molecule has 2 N–H and O–H groups in total. The minimum absolute atomic E-state index is 0.0149. The first-order valence-electron chi connectivity index (χ1n) is 10.0. The number of aromatic nitrogens is 3. The predicted molar refractivity (Wildman–Crippen MR) is 124 cm³/mol. The van der Waals surface area contributed by atoms with Gasteiger partial charge in [-0.1, -0.05) is 30.3 Å². The van der Waals surface area contributed by atoms with Crippen molar-refractivity contribution in [3.63, 3.8) is 0 Å². The number of nitrogens with zero attached hydrogens (tertiary/aromatic N) is 3. The Kier molecular flexibility index (Phi) is 6.64. The molecule has 0 unspecified atom stereocenters. The fraction of sp³-hybridized carbons (Fsp3) is 0.0870. The van der Waals surface area contributed by atoms with Gasteiger partial charge in [0.2, 0.25) is 27.7 Å². The molecule has 0 fully saturated rings. The van der Waals surface area contributed by atoms with Gasteiger partial charge in [-0.2, -0.15) is 4.39 Å². The Morgan fingerprint density at radius 2 is 1.71 bits per heavy atom. The maximum atomic E-state index is 14.8. The van der Waals surface area contributed by atoms with Gasteiger partial charge in [0.15, 0.2) is 11.6 Å². The predicted octanol–water partition coefficient (Wildman–Crippen LogP) is 4.59. The first-order valence-corrected chi connectivity index (χ1v) is 11.7. The summed E-state index contributed by atoms with van der Waals surface area (Å²) in [4.78, 5) is 12.4. The highest BCUT2D eigenvalue weighted by molar-refractivity contribution is 7.91. The van der Waals surface area contributed by atoms with Crippen LogP contribution in [0, 0.1) is 11.6 Å². The van der Waals surface area contributed by atoms with Gasteiger partial charge in [-0.25, -0.2) is 27.8 Å². The lowest BCUT2D eigenvalue weighted by atomic mass is 10.2. The van der Waals surface area contributed by atoms with E-state index in [0.29, 0.717) is 22.8 Å². The van der Waals surface area contributed by atoms with Crippen molar-refractivity contribution in [3.8, 4) is 22.9 Å². The number of halogens is 2. The average Bonchev–Trinajstić information content (AvgIpc) is 2.84. The molecule has 0 saturated carbocycles. The maximum Gasteiger partial charge on any atom is 0.237 e. The summed E-state index contributed by atoms with van der Waals surface area (Å²) in [6, 6.07) is 15.5. The fourth-order valence-electron chi connectivity index (χ4n) is 3.09. The molecule has 0 bridgehead atoms. The van der Waals surface area contributed by atoms with Crippen molar-refractivity contribution in [1.29, 1.82) is 0 Å². The molecule has 0 radical (unpaired) electrons. The third kappa shape index (κ3) is 5.26. The zero-order chi connectivity index (χ0) is 24.1. The Labute approximate surface area is 194 Å². The normalized spacial score (nSPS) is 11.1. The summed E-state index contributed by atoms with van der Waals surface area (Å²) < 4.78 is 62.0. The van der Waals surface area contributed by atoms with E-state index in [2.05, 4.69) is 25.0 Å². The molecule has 4 aromatic rings. The van der Waals surface area contributed by atoms with Crippen molar-refractivity contribution in [3.05, 3.63) is 90.3 Å². The van der Waals surface area contributed by atoms with Crippen LogP contribution in [0.3, 0.4) is 0 Å². The second-order valence-corrected chi connectivity index (χ2v) is 8.78. The number of hydrogen-bond acceptors (Lipinski definition) is 7. The lowest BCUT2D eigenvalue weighted by Crippen LogP contribution is -2.16. The number of pyridine rings is 1. The summed E-state index contributed by atoms with van der Waals surface area (Å²) in [7, 11) is -2.32. The molecule has 2 heterocycles. The average molecular weight is 484 g/mol. The molecule has 0 aliphatic heterocycles. The third-order valence-corrected chi connectivity index (χ3v) is 5.89. The summed E-state index contributed by atoms with van der Waals surface area (Å²) in [5.74, 6) is -3.28. The third-order valence-electron chi connectivity index (χ3n) is 4.64. The molecular weight excluding hydrogens is 464 g/mol. The Hall–Kier alpha value is -4.12. The SMILES string of the molecule is CNc1nccc(-c2cccnc2Oc2ccc(NS(=O)(=O)Cc3ccccc3)c(F)c2F)n1. The highest BCUT2D eigenvalue weighted by Crippen LogP contribution is 2.34. The van der Waals surface area contributed by atoms with E-state index in [9.17, 15) is 17.2 Å². The Bertz CT molecular complexity index is 1420. The Morgan fingerprint density at radius 3 is 2.47 bits per heavy atom. The molecule has 34 heavy (non-hydrogen) atoms. The molecule has 11 heteroatoms. The summed E-state index contributed by atoms with van der Waals surface area (Å²) in [6.07, 6.45) is 2.96. The van der Waals surface area contributed by atoms with Crippen LogP contribution >= 0.6 is 0 Å².